The van der Waals surface area contributed by atoms with Crippen molar-refractivity contribution in [3.05, 3.63) is 64.8 Å². The predicted octanol–water partition coefficient (Wildman–Crippen LogP) is 6.51. The number of hydrogen-bond donors (Lipinski definition) is 3. The van der Waals surface area contributed by atoms with Gasteiger partial charge in [-0.2, -0.15) is 5.26 Å². The van der Waals surface area contributed by atoms with Gasteiger partial charge in [-0.1, -0.05) is 39.8 Å². The van der Waals surface area contributed by atoms with Crippen LogP contribution in [-0.2, 0) is 21.1 Å². The summed E-state index contributed by atoms with van der Waals surface area (Å²) in [5.74, 6) is 0.510. The first kappa shape index (κ1) is 30.7. The van der Waals surface area contributed by atoms with Gasteiger partial charge in [0.25, 0.3) is 0 Å². The standard InChI is InChI=1S/C32H44N6O2Si/c1-22-9-10-23(19-34-13-14-39-6)15-28(22)38-30-35-12-11-27(37-30)24-16-25(18-33)29-26(17-24)32(5,20-36-29)21-40-41(7,8)31(2,3)4/h9-12,15-17,34,36H,13-14,19-21H2,1-8H3,(H,35,37,38)/t32-/m1/s1. The van der Waals surface area contributed by atoms with Gasteiger partial charge in [0.1, 0.15) is 6.07 Å². The van der Waals surface area contributed by atoms with Crippen LogP contribution in [0.1, 0.15) is 49.9 Å². The fourth-order valence-electron chi connectivity index (χ4n) is 4.63. The van der Waals surface area contributed by atoms with Crippen LogP contribution in [0.5, 0.6) is 0 Å². The van der Waals surface area contributed by atoms with E-state index in [1.807, 2.05) is 12.1 Å². The molecule has 0 fully saturated rings. The molecule has 0 aliphatic carbocycles. The van der Waals surface area contributed by atoms with E-state index in [-0.39, 0.29) is 10.5 Å². The van der Waals surface area contributed by atoms with Crippen LogP contribution in [0.2, 0.25) is 18.1 Å². The zero-order valence-electron chi connectivity index (χ0n) is 25.7. The Labute approximate surface area is 246 Å². The number of nitriles is 1. The minimum absolute atomic E-state index is 0.126. The molecule has 0 spiro atoms. The maximum atomic E-state index is 10.0. The van der Waals surface area contributed by atoms with Gasteiger partial charge >= 0.3 is 0 Å². The Hall–Kier alpha value is -3.29. The molecule has 0 bridgehead atoms. The molecule has 0 saturated carbocycles. The molecule has 1 aliphatic rings. The normalized spacial score (nSPS) is 16.7. The highest BCUT2D eigenvalue weighted by atomic mass is 28.4. The fourth-order valence-corrected chi connectivity index (χ4v) is 5.74. The van der Waals surface area contributed by atoms with Crippen molar-refractivity contribution in [2.24, 2.45) is 0 Å². The number of hydrogen-bond acceptors (Lipinski definition) is 8. The molecule has 1 atom stereocenters. The van der Waals surface area contributed by atoms with E-state index < -0.39 is 8.32 Å². The van der Waals surface area contributed by atoms with Crippen molar-refractivity contribution in [1.29, 1.82) is 5.26 Å². The lowest BCUT2D eigenvalue weighted by molar-refractivity contribution is 0.199. The van der Waals surface area contributed by atoms with E-state index in [1.54, 1.807) is 13.3 Å². The van der Waals surface area contributed by atoms with Crippen LogP contribution < -0.4 is 16.0 Å². The number of nitrogens with one attached hydrogen (secondary N) is 3. The molecule has 0 unspecified atom stereocenters. The molecule has 1 aromatic heterocycles. The molecular weight excluding hydrogens is 528 g/mol. The summed E-state index contributed by atoms with van der Waals surface area (Å²) in [6.07, 6.45) is 1.76. The van der Waals surface area contributed by atoms with Crippen LogP contribution in [-0.4, -0.2) is 51.7 Å². The quantitative estimate of drug-likeness (QED) is 0.177. The molecule has 2 heterocycles. The molecule has 3 aromatic rings. The van der Waals surface area contributed by atoms with Gasteiger partial charge in [0.2, 0.25) is 5.95 Å². The van der Waals surface area contributed by atoms with Crippen LogP contribution in [0.15, 0.2) is 42.6 Å². The lowest BCUT2D eigenvalue weighted by atomic mass is 9.83. The maximum Gasteiger partial charge on any atom is 0.227 e. The molecule has 4 rings (SSSR count). The number of aromatic nitrogens is 2. The van der Waals surface area contributed by atoms with Gasteiger partial charge in [0, 0.05) is 56.2 Å². The van der Waals surface area contributed by atoms with E-state index >= 15 is 0 Å². The fraction of sp³-hybridized carbons (Fsp3) is 0.469. The number of rotatable bonds is 11. The van der Waals surface area contributed by atoms with Crippen LogP contribution in [0.25, 0.3) is 11.3 Å². The van der Waals surface area contributed by atoms with E-state index in [2.05, 4.69) is 99.0 Å². The average Bonchev–Trinajstić information content (AvgIpc) is 3.27. The second kappa shape index (κ2) is 12.3. The Bertz CT molecular complexity index is 1430. The second-order valence-electron chi connectivity index (χ2n) is 12.7. The SMILES string of the molecule is COCCNCc1ccc(C)c(Nc2nccc(-c3cc(C#N)c4c(c3)[C@@](C)(CO[Si](C)(C)C(C)(C)C)CN4)n2)c1. The molecule has 41 heavy (non-hydrogen) atoms. The molecule has 0 radical (unpaired) electrons. The van der Waals surface area contributed by atoms with Gasteiger partial charge in [-0.25, -0.2) is 9.97 Å². The number of ether oxygens (including phenoxy) is 1. The number of anilines is 3. The Morgan fingerprint density at radius 1 is 1.17 bits per heavy atom. The smallest absolute Gasteiger partial charge is 0.227 e. The number of nitrogens with zero attached hydrogens (tertiary/aromatic N) is 3. The van der Waals surface area contributed by atoms with Gasteiger partial charge < -0.3 is 25.1 Å². The highest BCUT2D eigenvalue weighted by Gasteiger charge is 2.42. The molecule has 0 amide bonds. The third-order valence-electron chi connectivity index (χ3n) is 8.43. The minimum Gasteiger partial charge on any atom is -0.416 e. The first-order chi connectivity index (χ1) is 19.4. The lowest BCUT2D eigenvalue weighted by Gasteiger charge is -2.39. The van der Waals surface area contributed by atoms with Crippen molar-refractivity contribution in [1.82, 2.24) is 15.3 Å². The third-order valence-corrected chi connectivity index (χ3v) is 12.9. The summed E-state index contributed by atoms with van der Waals surface area (Å²) in [7, 11) is -0.234. The summed E-state index contributed by atoms with van der Waals surface area (Å²) in [6, 6.07) is 14.7. The number of fused-ring (bicyclic) bond motifs is 1. The number of aryl methyl sites for hydroxylation is 1. The first-order valence-corrected chi connectivity index (χ1v) is 17.1. The van der Waals surface area contributed by atoms with Gasteiger partial charge in [-0.3, -0.25) is 0 Å². The molecule has 9 heteroatoms. The zero-order chi connectivity index (χ0) is 29.8. The Kier molecular flexibility index (Phi) is 9.19. The van der Waals surface area contributed by atoms with Crippen molar-refractivity contribution in [2.75, 3.05) is 44.0 Å². The van der Waals surface area contributed by atoms with Gasteiger partial charge in [0.05, 0.1) is 23.6 Å². The van der Waals surface area contributed by atoms with Crippen molar-refractivity contribution in [3.63, 3.8) is 0 Å². The molecule has 0 saturated heterocycles. The number of benzene rings is 2. The van der Waals surface area contributed by atoms with Gasteiger partial charge in [-0.05, 0) is 66.0 Å². The highest BCUT2D eigenvalue weighted by Crippen LogP contribution is 2.44. The van der Waals surface area contributed by atoms with E-state index in [4.69, 9.17) is 14.1 Å². The molecule has 218 valence electrons. The summed E-state index contributed by atoms with van der Waals surface area (Å²) in [5.41, 5.74) is 7.24. The van der Waals surface area contributed by atoms with Crippen LogP contribution in [0, 0.1) is 18.3 Å². The van der Waals surface area contributed by atoms with E-state index in [1.165, 1.54) is 0 Å². The number of methoxy groups -OCH3 is 1. The summed E-state index contributed by atoms with van der Waals surface area (Å²) < 4.78 is 11.8. The second-order valence-corrected chi connectivity index (χ2v) is 17.5. The molecule has 8 nitrogen and oxygen atoms in total. The van der Waals surface area contributed by atoms with Gasteiger partial charge in [-0.15, -0.1) is 0 Å². The Balaban J connectivity index is 1.60. The van der Waals surface area contributed by atoms with Crippen molar-refractivity contribution in [3.8, 4) is 17.3 Å². The lowest BCUT2D eigenvalue weighted by Crippen LogP contribution is -2.45. The third kappa shape index (κ3) is 6.96. The summed E-state index contributed by atoms with van der Waals surface area (Å²) in [6.45, 7) is 19.1. The largest absolute Gasteiger partial charge is 0.416 e. The highest BCUT2D eigenvalue weighted by molar-refractivity contribution is 6.74. The van der Waals surface area contributed by atoms with Crippen LogP contribution >= 0.6 is 0 Å². The summed E-state index contributed by atoms with van der Waals surface area (Å²) >= 11 is 0. The van der Waals surface area contributed by atoms with Crippen molar-refractivity contribution >= 4 is 25.6 Å². The van der Waals surface area contributed by atoms with Crippen molar-refractivity contribution < 1.29 is 9.16 Å². The van der Waals surface area contributed by atoms with Gasteiger partial charge in [0.15, 0.2) is 8.32 Å². The Morgan fingerprint density at radius 2 is 1.95 bits per heavy atom. The van der Waals surface area contributed by atoms with Crippen LogP contribution in [0.4, 0.5) is 17.3 Å². The summed E-state index contributed by atoms with van der Waals surface area (Å²) in [4.78, 5) is 9.35. The van der Waals surface area contributed by atoms with Crippen LogP contribution in [0.3, 0.4) is 0 Å². The monoisotopic (exact) mass is 572 g/mol. The van der Waals surface area contributed by atoms with E-state index in [0.717, 1.165) is 59.0 Å². The molecular formula is C32H44N6O2Si. The van der Waals surface area contributed by atoms with E-state index in [9.17, 15) is 5.26 Å². The predicted molar refractivity (Wildman–Crippen MR) is 169 cm³/mol. The molecule has 3 N–H and O–H groups in total. The molecule has 1 aliphatic heterocycles. The zero-order valence-corrected chi connectivity index (χ0v) is 26.7. The topological polar surface area (TPSA) is 104 Å². The minimum atomic E-state index is -1.94. The Morgan fingerprint density at radius 3 is 2.66 bits per heavy atom. The molecule has 2 aromatic carbocycles. The summed E-state index contributed by atoms with van der Waals surface area (Å²) in [5, 5.41) is 20.4. The first-order valence-electron chi connectivity index (χ1n) is 14.2. The van der Waals surface area contributed by atoms with E-state index in [0.29, 0.717) is 24.7 Å². The van der Waals surface area contributed by atoms with Crippen molar-refractivity contribution in [2.45, 2.75) is 64.7 Å². The maximum absolute atomic E-state index is 10.0. The average molecular weight is 573 g/mol.